The van der Waals surface area contributed by atoms with Crippen LogP contribution in [0.4, 0.5) is 0 Å². The molecule has 7 aromatic carbocycles. The van der Waals surface area contributed by atoms with Gasteiger partial charge < -0.3 is 4.42 Å². The van der Waals surface area contributed by atoms with Gasteiger partial charge in [0, 0.05) is 5.56 Å². The molecule has 1 aromatic heterocycles. The van der Waals surface area contributed by atoms with Crippen LogP contribution in [0.2, 0.25) is 0 Å². The van der Waals surface area contributed by atoms with E-state index in [1.54, 1.807) is 6.26 Å². The maximum absolute atomic E-state index is 5.71. The lowest BCUT2D eigenvalue weighted by molar-refractivity contribution is 0.582. The van der Waals surface area contributed by atoms with E-state index in [-0.39, 0.29) is 0 Å². The van der Waals surface area contributed by atoms with Crippen molar-refractivity contribution in [3.8, 4) is 44.7 Å². The molecule has 0 aliphatic heterocycles. The molecule has 228 valence electrons. The van der Waals surface area contributed by atoms with Crippen molar-refractivity contribution in [2.75, 3.05) is 0 Å². The van der Waals surface area contributed by atoms with Crippen molar-refractivity contribution in [1.82, 2.24) is 0 Å². The van der Waals surface area contributed by atoms with Gasteiger partial charge >= 0.3 is 0 Å². The van der Waals surface area contributed by atoms with Crippen LogP contribution in [0.1, 0.15) is 44.5 Å². The van der Waals surface area contributed by atoms with E-state index in [0.29, 0.717) is 0 Å². The molecule has 11 rings (SSSR count). The zero-order valence-electron chi connectivity index (χ0n) is 26.7. The van der Waals surface area contributed by atoms with Crippen LogP contribution in [0.15, 0.2) is 187 Å². The molecule has 0 saturated carbocycles. The molecule has 0 amide bonds. The van der Waals surface area contributed by atoms with Gasteiger partial charge in [-0.15, -0.1) is 0 Å². The Labute approximate surface area is 285 Å². The van der Waals surface area contributed by atoms with Crippen molar-refractivity contribution in [2.24, 2.45) is 0 Å². The lowest BCUT2D eigenvalue weighted by Crippen LogP contribution is -2.43. The topological polar surface area (TPSA) is 13.1 Å². The highest BCUT2D eigenvalue weighted by atomic mass is 16.3. The van der Waals surface area contributed by atoms with E-state index < -0.39 is 10.8 Å². The maximum Gasteiger partial charge on any atom is 0.133 e. The van der Waals surface area contributed by atoms with Crippen molar-refractivity contribution >= 4 is 0 Å². The summed E-state index contributed by atoms with van der Waals surface area (Å²) in [6.07, 6.45) is 1.73. The van der Waals surface area contributed by atoms with E-state index in [9.17, 15) is 0 Å². The Balaban J connectivity index is 1.29. The molecule has 1 heterocycles. The molecule has 2 spiro atoms. The number of furan rings is 1. The van der Waals surface area contributed by atoms with Crippen LogP contribution >= 0.6 is 0 Å². The quantitative estimate of drug-likeness (QED) is 0.187. The smallest absolute Gasteiger partial charge is 0.133 e. The predicted molar refractivity (Wildman–Crippen MR) is 198 cm³/mol. The van der Waals surface area contributed by atoms with Gasteiger partial charge in [0.25, 0.3) is 0 Å². The second-order valence-corrected chi connectivity index (χ2v) is 13.5. The highest BCUT2D eigenvalue weighted by Crippen LogP contribution is 2.67. The summed E-state index contributed by atoms with van der Waals surface area (Å²) in [4.78, 5) is 0. The second kappa shape index (κ2) is 9.69. The predicted octanol–water partition coefficient (Wildman–Crippen LogP) is 11.7. The van der Waals surface area contributed by atoms with Gasteiger partial charge in [-0.25, -0.2) is 0 Å². The van der Waals surface area contributed by atoms with E-state index in [0.717, 1.165) is 11.3 Å². The third-order valence-corrected chi connectivity index (χ3v) is 11.5. The van der Waals surface area contributed by atoms with Gasteiger partial charge in [0.1, 0.15) is 5.76 Å². The molecule has 0 radical (unpaired) electrons. The minimum Gasteiger partial charge on any atom is -0.464 e. The Hall–Kier alpha value is -6.18. The van der Waals surface area contributed by atoms with Crippen LogP contribution in [-0.4, -0.2) is 0 Å². The fourth-order valence-electron chi connectivity index (χ4n) is 9.69. The first kappa shape index (κ1) is 26.8. The third kappa shape index (κ3) is 3.25. The number of hydrogen-bond donors (Lipinski definition) is 0. The number of fused-ring (bicyclic) bond motifs is 16. The molecular weight excluding hydrogens is 593 g/mol. The van der Waals surface area contributed by atoms with Crippen molar-refractivity contribution < 1.29 is 4.42 Å². The molecule has 0 unspecified atom stereocenters. The second-order valence-electron chi connectivity index (χ2n) is 13.5. The van der Waals surface area contributed by atoms with Crippen molar-refractivity contribution in [3.05, 3.63) is 227 Å². The summed E-state index contributed by atoms with van der Waals surface area (Å²) in [5.74, 6) is 0.882. The summed E-state index contributed by atoms with van der Waals surface area (Å²) >= 11 is 0. The Morgan fingerprint density at radius 2 is 0.673 bits per heavy atom. The zero-order chi connectivity index (χ0) is 32.2. The molecule has 0 N–H and O–H groups in total. The Bertz CT molecular complexity index is 2510. The monoisotopic (exact) mass is 622 g/mol. The standard InChI is InChI=1S/C48H30O/c1-5-16-38-34(12-1)35-13-2-6-17-39(35)47(38)42-20-9-10-21-43(42)48(40-18-7-3-14-36(40)37-15-4-8-19-41(37)48)45-30-33(27-28-44(45)47)31-23-25-32(26-24-31)46-22-11-29-49-46/h1-30H. The van der Waals surface area contributed by atoms with Gasteiger partial charge in [0.15, 0.2) is 0 Å². The summed E-state index contributed by atoms with van der Waals surface area (Å²) in [5.41, 5.74) is 18.6. The summed E-state index contributed by atoms with van der Waals surface area (Å²) in [5, 5.41) is 0. The Morgan fingerprint density at radius 1 is 0.286 bits per heavy atom. The number of hydrogen-bond acceptors (Lipinski definition) is 1. The van der Waals surface area contributed by atoms with Gasteiger partial charge in [0.05, 0.1) is 17.1 Å². The first-order valence-electron chi connectivity index (χ1n) is 17.1. The van der Waals surface area contributed by atoms with Crippen LogP contribution < -0.4 is 0 Å². The van der Waals surface area contributed by atoms with Crippen LogP contribution in [0.5, 0.6) is 0 Å². The molecular formula is C48H30O. The third-order valence-electron chi connectivity index (χ3n) is 11.5. The van der Waals surface area contributed by atoms with E-state index in [1.165, 1.54) is 77.9 Å². The zero-order valence-corrected chi connectivity index (χ0v) is 26.7. The number of rotatable bonds is 2. The Kier molecular flexibility index (Phi) is 5.31. The molecule has 0 fully saturated rings. The van der Waals surface area contributed by atoms with E-state index in [2.05, 4.69) is 164 Å². The lowest BCUT2D eigenvalue weighted by Gasteiger charge is -2.49. The minimum absolute atomic E-state index is 0.460. The first-order chi connectivity index (χ1) is 24.3. The summed E-state index contributed by atoms with van der Waals surface area (Å²) in [7, 11) is 0. The fourth-order valence-corrected chi connectivity index (χ4v) is 9.69. The molecule has 1 heteroatoms. The van der Waals surface area contributed by atoms with Crippen LogP contribution in [-0.2, 0) is 10.8 Å². The Morgan fingerprint density at radius 3 is 1.14 bits per heavy atom. The summed E-state index contributed by atoms with van der Waals surface area (Å²) in [6.45, 7) is 0. The highest BCUT2D eigenvalue weighted by molar-refractivity contribution is 5.94. The van der Waals surface area contributed by atoms with E-state index >= 15 is 0 Å². The van der Waals surface area contributed by atoms with Gasteiger partial charge in [-0.2, -0.15) is 0 Å². The van der Waals surface area contributed by atoms with Crippen molar-refractivity contribution in [3.63, 3.8) is 0 Å². The summed E-state index contributed by atoms with van der Waals surface area (Å²) in [6, 6.07) is 65.7. The molecule has 0 bridgehead atoms. The molecule has 3 aliphatic carbocycles. The SMILES string of the molecule is c1coc(-c2ccc(-c3ccc4c(c3)C3(c5ccccc5-c5ccccc53)c3ccccc3C43c4ccccc4-c4ccccc43)cc2)c1. The van der Waals surface area contributed by atoms with E-state index in [1.807, 2.05) is 12.1 Å². The van der Waals surface area contributed by atoms with Crippen LogP contribution in [0, 0.1) is 0 Å². The molecule has 1 nitrogen and oxygen atoms in total. The molecule has 49 heavy (non-hydrogen) atoms. The summed E-state index contributed by atoms with van der Waals surface area (Å²) < 4.78 is 5.71. The van der Waals surface area contributed by atoms with Crippen LogP contribution in [0.25, 0.3) is 44.7 Å². The first-order valence-corrected chi connectivity index (χ1v) is 17.1. The fraction of sp³-hybridized carbons (Fsp3) is 0.0417. The molecule has 3 aliphatic rings. The van der Waals surface area contributed by atoms with Gasteiger partial charge in [-0.05, 0) is 96.1 Å². The minimum atomic E-state index is -0.485. The molecule has 8 aromatic rings. The van der Waals surface area contributed by atoms with E-state index in [4.69, 9.17) is 4.42 Å². The molecule has 0 saturated heterocycles. The number of benzene rings is 7. The highest BCUT2D eigenvalue weighted by Gasteiger charge is 2.58. The molecule has 0 atom stereocenters. The average Bonchev–Trinajstić information content (AvgIpc) is 3.89. The van der Waals surface area contributed by atoms with Crippen LogP contribution in [0.3, 0.4) is 0 Å². The average molecular weight is 623 g/mol. The lowest BCUT2D eigenvalue weighted by atomic mass is 9.52. The van der Waals surface area contributed by atoms with Gasteiger partial charge in [-0.1, -0.05) is 158 Å². The maximum atomic E-state index is 5.71. The largest absolute Gasteiger partial charge is 0.464 e. The van der Waals surface area contributed by atoms with Crippen molar-refractivity contribution in [2.45, 2.75) is 10.8 Å². The normalized spacial score (nSPS) is 14.9. The van der Waals surface area contributed by atoms with Gasteiger partial charge in [0.2, 0.25) is 0 Å². The van der Waals surface area contributed by atoms with Gasteiger partial charge in [-0.3, -0.25) is 0 Å². The van der Waals surface area contributed by atoms with Crippen molar-refractivity contribution in [1.29, 1.82) is 0 Å².